The van der Waals surface area contributed by atoms with E-state index in [1.807, 2.05) is 12.1 Å². The van der Waals surface area contributed by atoms with E-state index in [-0.39, 0.29) is 0 Å². The Morgan fingerprint density at radius 1 is 1.05 bits per heavy atom. The molecular formula is C17H27N3O. The average molecular weight is 289 g/mol. The number of aliphatic imine (C=N–C) groups is 1. The Balaban J connectivity index is 1.53. The molecule has 0 radical (unpaired) electrons. The fraction of sp³-hybridized carbons (Fsp3) is 0.706. The molecule has 2 fully saturated rings. The summed E-state index contributed by atoms with van der Waals surface area (Å²) in [5.74, 6) is 2.03. The summed E-state index contributed by atoms with van der Waals surface area (Å²) >= 11 is 0. The second-order valence-corrected chi connectivity index (χ2v) is 6.31. The largest absolute Gasteiger partial charge is 0.469 e. The Morgan fingerprint density at radius 3 is 2.19 bits per heavy atom. The number of nitrogens with one attached hydrogen (secondary N) is 2. The van der Waals surface area contributed by atoms with Crippen molar-refractivity contribution in [2.24, 2.45) is 4.99 Å². The molecule has 2 saturated carbocycles. The number of nitrogens with zero attached hydrogens (tertiary/aromatic N) is 1. The predicted molar refractivity (Wildman–Crippen MR) is 85.5 cm³/mol. The Labute approximate surface area is 127 Å². The highest BCUT2D eigenvalue weighted by Gasteiger charge is 2.20. The van der Waals surface area contributed by atoms with E-state index < -0.39 is 0 Å². The molecule has 4 heteroatoms. The second-order valence-electron chi connectivity index (χ2n) is 6.31. The van der Waals surface area contributed by atoms with Gasteiger partial charge in [-0.05, 0) is 37.8 Å². The lowest BCUT2D eigenvalue weighted by Gasteiger charge is -2.20. The van der Waals surface area contributed by atoms with Gasteiger partial charge < -0.3 is 15.1 Å². The summed E-state index contributed by atoms with van der Waals surface area (Å²) in [5, 5.41) is 7.26. The van der Waals surface area contributed by atoms with E-state index in [9.17, 15) is 0 Å². The third kappa shape index (κ3) is 4.51. The summed E-state index contributed by atoms with van der Waals surface area (Å²) in [6, 6.07) is 5.18. The van der Waals surface area contributed by atoms with Gasteiger partial charge in [-0.3, -0.25) is 4.99 Å². The molecule has 2 N–H and O–H groups in total. The molecule has 1 aromatic rings. The molecule has 0 atom stereocenters. The van der Waals surface area contributed by atoms with Crippen LogP contribution in [-0.4, -0.2) is 24.6 Å². The van der Waals surface area contributed by atoms with Crippen molar-refractivity contribution in [3.8, 4) is 0 Å². The van der Waals surface area contributed by atoms with E-state index in [2.05, 4.69) is 10.6 Å². The lowest BCUT2D eigenvalue weighted by Crippen LogP contribution is -2.46. The molecule has 2 aliphatic carbocycles. The molecule has 1 aromatic heterocycles. The molecule has 0 aliphatic heterocycles. The molecule has 0 bridgehead atoms. The zero-order chi connectivity index (χ0) is 14.3. The fourth-order valence-electron chi connectivity index (χ4n) is 3.39. The monoisotopic (exact) mass is 289 g/mol. The van der Waals surface area contributed by atoms with Crippen LogP contribution in [0.25, 0.3) is 0 Å². The summed E-state index contributed by atoms with van der Waals surface area (Å²) < 4.78 is 5.37. The summed E-state index contributed by atoms with van der Waals surface area (Å²) in [4.78, 5) is 4.76. The number of guanidine groups is 1. The molecule has 1 heterocycles. The van der Waals surface area contributed by atoms with Gasteiger partial charge in [-0.15, -0.1) is 0 Å². The summed E-state index contributed by atoms with van der Waals surface area (Å²) in [6.45, 7) is 0.780. The van der Waals surface area contributed by atoms with Gasteiger partial charge >= 0.3 is 0 Å². The molecule has 116 valence electrons. The number of hydrogen-bond acceptors (Lipinski definition) is 2. The molecule has 0 spiro atoms. The molecule has 4 nitrogen and oxygen atoms in total. The van der Waals surface area contributed by atoms with Gasteiger partial charge in [-0.2, -0.15) is 0 Å². The molecule has 3 rings (SSSR count). The van der Waals surface area contributed by atoms with E-state index in [1.54, 1.807) is 6.26 Å². The summed E-state index contributed by atoms with van der Waals surface area (Å²) in [6.07, 6.45) is 13.1. The predicted octanol–water partition coefficient (Wildman–Crippen LogP) is 3.24. The van der Waals surface area contributed by atoms with Crippen LogP contribution < -0.4 is 10.6 Å². The fourth-order valence-corrected chi connectivity index (χ4v) is 3.39. The van der Waals surface area contributed by atoms with Gasteiger partial charge in [0.25, 0.3) is 0 Å². The summed E-state index contributed by atoms with van der Waals surface area (Å²) in [7, 11) is 0. The standard InChI is InChI=1S/C17H27N3O/c1-2-7-14(6-1)19-17(20-15-8-3-4-9-15)18-12-11-16-10-5-13-21-16/h5,10,13-15H,1-4,6-9,11-12H2,(H2,18,19,20). The first kappa shape index (κ1) is 14.5. The number of furan rings is 1. The van der Waals surface area contributed by atoms with Gasteiger partial charge in [0.1, 0.15) is 5.76 Å². The Hall–Kier alpha value is -1.45. The van der Waals surface area contributed by atoms with Crippen LogP contribution in [0.15, 0.2) is 27.8 Å². The van der Waals surface area contributed by atoms with Crippen molar-refractivity contribution in [1.29, 1.82) is 0 Å². The Bertz CT molecular complexity index is 409. The molecule has 0 aromatic carbocycles. The molecule has 21 heavy (non-hydrogen) atoms. The lowest BCUT2D eigenvalue weighted by molar-refractivity contribution is 0.510. The van der Waals surface area contributed by atoms with Crippen LogP contribution in [0.3, 0.4) is 0 Å². The zero-order valence-electron chi connectivity index (χ0n) is 12.8. The van der Waals surface area contributed by atoms with Gasteiger partial charge in [0, 0.05) is 25.0 Å². The quantitative estimate of drug-likeness (QED) is 0.646. The van der Waals surface area contributed by atoms with Gasteiger partial charge in [-0.1, -0.05) is 25.7 Å². The van der Waals surface area contributed by atoms with E-state index in [1.165, 1.54) is 51.4 Å². The second kappa shape index (κ2) is 7.53. The number of hydrogen-bond donors (Lipinski definition) is 2. The first-order valence-corrected chi connectivity index (χ1v) is 8.50. The van der Waals surface area contributed by atoms with E-state index in [0.717, 1.165) is 24.7 Å². The SMILES string of the molecule is c1coc(CCN=C(NC2CCCC2)NC2CCCC2)c1. The van der Waals surface area contributed by atoms with Crippen molar-refractivity contribution in [3.05, 3.63) is 24.2 Å². The van der Waals surface area contributed by atoms with Crippen molar-refractivity contribution in [2.45, 2.75) is 69.9 Å². The van der Waals surface area contributed by atoms with Crippen molar-refractivity contribution in [1.82, 2.24) is 10.6 Å². The normalized spacial score (nSPS) is 19.8. The third-order valence-electron chi connectivity index (χ3n) is 4.60. The highest BCUT2D eigenvalue weighted by atomic mass is 16.3. The lowest BCUT2D eigenvalue weighted by atomic mass is 10.2. The average Bonchev–Trinajstić information content (AvgIpc) is 3.22. The van der Waals surface area contributed by atoms with Crippen LogP contribution in [0.2, 0.25) is 0 Å². The molecule has 0 saturated heterocycles. The van der Waals surface area contributed by atoms with Crippen molar-refractivity contribution in [3.63, 3.8) is 0 Å². The van der Waals surface area contributed by atoms with E-state index in [4.69, 9.17) is 9.41 Å². The third-order valence-corrected chi connectivity index (χ3v) is 4.60. The van der Waals surface area contributed by atoms with Crippen molar-refractivity contribution in [2.75, 3.05) is 6.54 Å². The Kier molecular flexibility index (Phi) is 5.19. The molecule has 2 aliphatic rings. The van der Waals surface area contributed by atoms with Gasteiger partial charge in [0.15, 0.2) is 5.96 Å². The van der Waals surface area contributed by atoms with Gasteiger partial charge in [0.2, 0.25) is 0 Å². The molecule has 0 amide bonds. The minimum Gasteiger partial charge on any atom is -0.469 e. The van der Waals surface area contributed by atoms with Crippen molar-refractivity contribution < 1.29 is 4.42 Å². The van der Waals surface area contributed by atoms with Crippen LogP contribution in [0.5, 0.6) is 0 Å². The van der Waals surface area contributed by atoms with Crippen LogP contribution in [0.1, 0.15) is 57.1 Å². The minimum atomic E-state index is 0.612. The van der Waals surface area contributed by atoms with Crippen molar-refractivity contribution >= 4 is 5.96 Å². The first-order valence-electron chi connectivity index (χ1n) is 8.50. The topological polar surface area (TPSA) is 49.6 Å². The number of rotatable bonds is 5. The first-order chi connectivity index (χ1) is 10.4. The maximum Gasteiger partial charge on any atom is 0.191 e. The maximum atomic E-state index is 5.37. The van der Waals surface area contributed by atoms with Crippen LogP contribution >= 0.6 is 0 Å². The molecule has 0 unspecified atom stereocenters. The highest BCUT2D eigenvalue weighted by molar-refractivity contribution is 5.80. The zero-order valence-corrected chi connectivity index (χ0v) is 12.8. The van der Waals surface area contributed by atoms with E-state index in [0.29, 0.717) is 12.1 Å². The maximum absolute atomic E-state index is 5.37. The van der Waals surface area contributed by atoms with Crippen LogP contribution in [-0.2, 0) is 6.42 Å². The Morgan fingerprint density at radius 2 is 1.67 bits per heavy atom. The smallest absolute Gasteiger partial charge is 0.191 e. The van der Waals surface area contributed by atoms with Crippen LogP contribution in [0.4, 0.5) is 0 Å². The van der Waals surface area contributed by atoms with Gasteiger partial charge in [0.05, 0.1) is 6.26 Å². The minimum absolute atomic E-state index is 0.612. The summed E-state index contributed by atoms with van der Waals surface area (Å²) in [5.41, 5.74) is 0. The van der Waals surface area contributed by atoms with E-state index >= 15 is 0 Å². The molecular weight excluding hydrogens is 262 g/mol. The van der Waals surface area contributed by atoms with Gasteiger partial charge in [-0.25, -0.2) is 0 Å². The van der Waals surface area contributed by atoms with Crippen LogP contribution in [0, 0.1) is 0 Å². The highest BCUT2D eigenvalue weighted by Crippen LogP contribution is 2.19.